The molecule has 3 aromatic rings. The van der Waals surface area contributed by atoms with Gasteiger partial charge in [-0.25, -0.2) is 4.79 Å². The zero-order valence-corrected chi connectivity index (χ0v) is 13.1. The van der Waals surface area contributed by atoms with Crippen molar-refractivity contribution >= 4 is 17.8 Å². The average molecular weight is 307 g/mol. The Kier molecular flexibility index (Phi) is 3.98. The molecule has 2 aromatic heterocycles. The van der Waals surface area contributed by atoms with E-state index in [0.717, 1.165) is 17.4 Å². The van der Waals surface area contributed by atoms with E-state index in [1.54, 1.807) is 17.5 Å². The molecule has 0 amide bonds. The van der Waals surface area contributed by atoms with Gasteiger partial charge in [0.15, 0.2) is 6.29 Å². The Hall–Kier alpha value is -2.88. The Balaban J connectivity index is 2.43. The Labute approximate surface area is 134 Å². The number of aryl methyl sites for hydroxylation is 1. The largest absolute Gasteiger partial charge is 0.462 e. The number of hydrogen-bond acceptors (Lipinski definition) is 3. The predicted molar refractivity (Wildman–Crippen MR) is 88.9 cm³/mol. The fourth-order valence-electron chi connectivity index (χ4n) is 2.89. The van der Waals surface area contributed by atoms with Gasteiger partial charge in [0.2, 0.25) is 0 Å². The molecule has 23 heavy (non-hydrogen) atoms. The number of rotatable bonds is 4. The van der Waals surface area contributed by atoms with E-state index in [-0.39, 0.29) is 6.61 Å². The van der Waals surface area contributed by atoms with Crippen LogP contribution in [0.4, 0.5) is 0 Å². The van der Waals surface area contributed by atoms with Crippen LogP contribution < -0.4 is 0 Å². The van der Waals surface area contributed by atoms with Gasteiger partial charge >= 0.3 is 5.97 Å². The predicted octanol–water partition coefficient (Wildman–Crippen LogP) is 3.90. The van der Waals surface area contributed by atoms with Crippen molar-refractivity contribution in [2.75, 3.05) is 6.61 Å². The number of carbonyl (C=O) groups is 2. The zero-order valence-electron chi connectivity index (χ0n) is 13.1. The van der Waals surface area contributed by atoms with Gasteiger partial charge in [-0.3, -0.25) is 4.79 Å². The number of esters is 1. The average Bonchev–Trinajstić information content (AvgIpc) is 2.89. The molecule has 2 heterocycles. The first kappa shape index (κ1) is 15.0. The second-order valence-corrected chi connectivity index (χ2v) is 5.24. The molecule has 0 unspecified atom stereocenters. The SMILES string of the molecule is CCOC(=O)c1c(-c2ccccc2C)c(C=O)n2ccccc12. The van der Waals surface area contributed by atoms with E-state index >= 15 is 0 Å². The summed E-state index contributed by atoms with van der Waals surface area (Å²) < 4.78 is 6.96. The smallest absolute Gasteiger partial charge is 0.340 e. The van der Waals surface area contributed by atoms with Crippen molar-refractivity contribution in [1.82, 2.24) is 4.40 Å². The molecule has 0 saturated carbocycles. The van der Waals surface area contributed by atoms with Crippen LogP contribution in [0, 0.1) is 6.92 Å². The molecule has 0 fully saturated rings. The molecule has 0 saturated heterocycles. The number of aromatic nitrogens is 1. The van der Waals surface area contributed by atoms with Crippen LogP contribution in [0.5, 0.6) is 0 Å². The summed E-state index contributed by atoms with van der Waals surface area (Å²) in [4.78, 5) is 24.3. The fourth-order valence-corrected chi connectivity index (χ4v) is 2.89. The summed E-state index contributed by atoms with van der Waals surface area (Å²) in [6.07, 6.45) is 2.57. The van der Waals surface area contributed by atoms with E-state index in [1.165, 1.54) is 0 Å². The third-order valence-electron chi connectivity index (χ3n) is 3.89. The first-order valence-corrected chi connectivity index (χ1v) is 7.50. The minimum Gasteiger partial charge on any atom is -0.462 e. The van der Waals surface area contributed by atoms with Crippen molar-refractivity contribution in [2.45, 2.75) is 13.8 Å². The normalized spacial score (nSPS) is 10.7. The molecule has 4 nitrogen and oxygen atoms in total. The van der Waals surface area contributed by atoms with Crippen LogP contribution in [0.3, 0.4) is 0 Å². The van der Waals surface area contributed by atoms with Crippen molar-refractivity contribution in [2.24, 2.45) is 0 Å². The number of benzene rings is 1. The van der Waals surface area contributed by atoms with Gasteiger partial charge in [0.25, 0.3) is 0 Å². The lowest BCUT2D eigenvalue weighted by molar-refractivity contribution is 0.0529. The molecule has 1 aromatic carbocycles. The van der Waals surface area contributed by atoms with Gasteiger partial charge in [-0.1, -0.05) is 30.3 Å². The maximum Gasteiger partial charge on any atom is 0.340 e. The van der Waals surface area contributed by atoms with Gasteiger partial charge < -0.3 is 9.14 Å². The molecule has 0 atom stereocenters. The number of carbonyl (C=O) groups excluding carboxylic acids is 2. The molecule has 0 bridgehead atoms. The van der Waals surface area contributed by atoms with Crippen molar-refractivity contribution in [3.63, 3.8) is 0 Å². The van der Waals surface area contributed by atoms with Crippen molar-refractivity contribution in [3.05, 3.63) is 65.5 Å². The van der Waals surface area contributed by atoms with Crippen LogP contribution in [-0.2, 0) is 4.74 Å². The first-order valence-electron chi connectivity index (χ1n) is 7.50. The highest BCUT2D eigenvalue weighted by atomic mass is 16.5. The summed E-state index contributed by atoms with van der Waals surface area (Å²) >= 11 is 0. The van der Waals surface area contributed by atoms with Crippen molar-refractivity contribution in [3.8, 4) is 11.1 Å². The maximum absolute atomic E-state index is 12.5. The lowest BCUT2D eigenvalue weighted by Gasteiger charge is -2.08. The Morgan fingerprint density at radius 2 is 1.91 bits per heavy atom. The monoisotopic (exact) mass is 307 g/mol. The number of pyridine rings is 1. The van der Waals surface area contributed by atoms with Crippen LogP contribution in [0.1, 0.15) is 33.3 Å². The van der Waals surface area contributed by atoms with Gasteiger partial charge in [0, 0.05) is 11.8 Å². The van der Waals surface area contributed by atoms with Gasteiger partial charge in [-0.2, -0.15) is 0 Å². The summed E-state index contributed by atoms with van der Waals surface area (Å²) in [6.45, 7) is 4.01. The van der Waals surface area contributed by atoms with Gasteiger partial charge in [0.1, 0.15) is 0 Å². The molecule has 0 aliphatic heterocycles. The molecule has 0 aliphatic carbocycles. The number of hydrogen-bond donors (Lipinski definition) is 0. The molecule has 3 rings (SSSR count). The first-order chi connectivity index (χ1) is 11.2. The second-order valence-electron chi connectivity index (χ2n) is 5.24. The Morgan fingerprint density at radius 3 is 2.61 bits per heavy atom. The summed E-state index contributed by atoms with van der Waals surface area (Å²) in [7, 11) is 0. The quantitative estimate of drug-likeness (QED) is 0.542. The molecule has 0 radical (unpaired) electrons. The molecule has 116 valence electrons. The number of aldehydes is 1. The highest BCUT2D eigenvalue weighted by Gasteiger charge is 2.25. The fraction of sp³-hybridized carbons (Fsp3) is 0.158. The van der Waals surface area contributed by atoms with E-state index < -0.39 is 5.97 Å². The zero-order chi connectivity index (χ0) is 16.4. The summed E-state index contributed by atoms with van der Waals surface area (Å²) in [5.41, 5.74) is 4.05. The maximum atomic E-state index is 12.5. The number of ether oxygens (including phenoxy) is 1. The second kappa shape index (κ2) is 6.08. The minimum atomic E-state index is -0.414. The van der Waals surface area contributed by atoms with Crippen LogP contribution in [0.15, 0.2) is 48.7 Å². The molecular formula is C19H17NO3. The van der Waals surface area contributed by atoms with Crippen LogP contribution in [-0.4, -0.2) is 23.3 Å². The van der Waals surface area contributed by atoms with E-state index in [1.807, 2.05) is 49.4 Å². The van der Waals surface area contributed by atoms with Crippen molar-refractivity contribution in [1.29, 1.82) is 0 Å². The summed E-state index contributed by atoms with van der Waals surface area (Å²) in [5, 5.41) is 0. The van der Waals surface area contributed by atoms with E-state index in [2.05, 4.69) is 0 Å². The number of fused-ring (bicyclic) bond motifs is 1. The lowest BCUT2D eigenvalue weighted by atomic mass is 9.97. The van der Waals surface area contributed by atoms with Crippen LogP contribution in [0.25, 0.3) is 16.6 Å². The summed E-state index contributed by atoms with van der Waals surface area (Å²) in [5.74, 6) is -0.414. The standard InChI is InChI=1S/C19H17NO3/c1-3-23-19(22)18-15-10-6-7-11-20(15)16(12-21)17(18)14-9-5-4-8-13(14)2/h4-12H,3H2,1-2H3. The lowest BCUT2D eigenvalue weighted by Crippen LogP contribution is -2.06. The molecule has 0 N–H and O–H groups in total. The third kappa shape index (κ3) is 2.42. The topological polar surface area (TPSA) is 47.8 Å². The highest BCUT2D eigenvalue weighted by Crippen LogP contribution is 2.34. The molecular weight excluding hydrogens is 290 g/mol. The minimum absolute atomic E-state index is 0.284. The van der Waals surface area contributed by atoms with Crippen molar-refractivity contribution < 1.29 is 14.3 Å². The summed E-state index contributed by atoms with van der Waals surface area (Å²) in [6, 6.07) is 13.2. The molecule has 4 heteroatoms. The molecule has 0 spiro atoms. The third-order valence-corrected chi connectivity index (χ3v) is 3.89. The van der Waals surface area contributed by atoms with Gasteiger partial charge in [-0.15, -0.1) is 0 Å². The Morgan fingerprint density at radius 1 is 1.17 bits per heavy atom. The van der Waals surface area contributed by atoms with Crippen LogP contribution in [0.2, 0.25) is 0 Å². The Bertz CT molecular complexity index is 893. The van der Waals surface area contributed by atoms with E-state index in [0.29, 0.717) is 22.3 Å². The highest BCUT2D eigenvalue weighted by molar-refractivity contribution is 6.09. The van der Waals surface area contributed by atoms with Crippen LogP contribution >= 0.6 is 0 Å². The number of nitrogens with zero attached hydrogens (tertiary/aromatic N) is 1. The van der Waals surface area contributed by atoms with Gasteiger partial charge in [0.05, 0.1) is 23.4 Å². The van der Waals surface area contributed by atoms with E-state index in [4.69, 9.17) is 4.74 Å². The molecule has 0 aliphatic rings. The van der Waals surface area contributed by atoms with E-state index in [9.17, 15) is 9.59 Å². The van der Waals surface area contributed by atoms with Gasteiger partial charge in [-0.05, 0) is 37.1 Å².